The number of rotatable bonds is 4. The maximum absolute atomic E-state index is 11.5. The summed E-state index contributed by atoms with van der Waals surface area (Å²) in [4.78, 5) is 11.5. The van der Waals surface area contributed by atoms with E-state index in [1.165, 1.54) is 0 Å². The van der Waals surface area contributed by atoms with E-state index >= 15 is 0 Å². The summed E-state index contributed by atoms with van der Waals surface area (Å²) in [6.45, 7) is 6.73. The van der Waals surface area contributed by atoms with Gasteiger partial charge in [0.25, 0.3) is 5.91 Å². The average molecular weight is 190 g/mol. The van der Waals surface area contributed by atoms with Gasteiger partial charge in [-0.15, -0.1) is 0 Å². The van der Waals surface area contributed by atoms with Gasteiger partial charge in [0.2, 0.25) is 0 Å². The molecule has 0 bridgehead atoms. The van der Waals surface area contributed by atoms with Crippen molar-refractivity contribution < 1.29 is 4.79 Å². The van der Waals surface area contributed by atoms with Crippen LogP contribution in [0.15, 0.2) is 24.3 Å². The van der Waals surface area contributed by atoms with Crippen molar-refractivity contribution >= 4 is 5.91 Å². The zero-order valence-corrected chi connectivity index (χ0v) is 7.99. The quantitative estimate of drug-likeness (QED) is 0.691. The molecule has 0 aliphatic rings. The van der Waals surface area contributed by atoms with Crippen LogP contribution in [0.3, 0.4) is 0 Å². The Hall–Kier alpha value is -1.35. The largest absolute Gasteiger partial charge is 0.352 e. The Bertz CT molecular complexity index is 310. The van der Waals surface area contributed by atoms with Crippen LogP contribution in [-0.2, 0) is 0 Å². The van der Waals surface area contributed by atoms with Crippen LogP contribution in [0.25, 0.3) is 0 Å². The Kier molecular flexibility index (Phi) is 4.13. The lowest BCUT2D eigenvalue weighted by atomic mass is 10.1. The minimum Gasteiger partial charge on any atom is -0.352 e. The molecule has 0 saturated carbocycles. The summed E-state index contributed by atoms with van der Waals surface area (Å²) >= 11 is 0. The molecule has 0 heterocycles. The van der Waals surface area contributed by atoms with Crippen molar-refractivity contribution in [3.05, 3.63) is 42.3 Å². The minimum absolute atomic E-state index is 0.106. The van der Waals surface area contributed by atoms with E-state index in [0.29, 0.717) is 24.2 Å². The lowest BCUT2D eigenvalue weighted by Crippen LogP contribution is -2.25. The first kappa shape index (κ1) is 10.7. The molecule has 3 heteroatoms. The van der Waals surface area contributed by atoms with Gasteiger partial charge >= 0.3 is 0 Å². The molecule has 1 aromatic rings. The molecule has 3 nitrogen and oxygen atoms in total. The van der Waals surface area contributed by atoms with Gasteiger partial charge in [-0.05, 0) is 37.6 Å². The van der Waals surface area contributed by atoms with Gasteiger partial charge in [-0.2, -0.15) is 0 Å². The summed E-state index contributed by atoms with van der Waals surface area (Å²) in [5, 5.41) is 2.75. The zero-order chi connectivity index (χ0) is 10.4. The Morgan fingerprint density at radius 1 is 1.50 bits per heavy atom. The number of carbonyl (C=O) groups excluding carboxylic acids is 1. The Morgan fingerprint density at radius 2 is 2.29 bits per heavy atom. The molecule has 0 aliphatic heterocycles. The number of benzene rings is 1. The molecule has 1 rings (SSSR count). The van der Waals surface area contributed by atoms with E-state index in [-0.39, 0.29) is 5.91 Å². The monoisotopic (exact) mass is 190 g/mol. The second-order valence-electron chi connectivity index (χ2n) is 3.02. The predicted octanol–water partition coefficient (Wildman–Crippen LogP) is 0.824. The smallest absolute Gasteiger partial charge is 0.251 e. The van der Waals surface area contributed by atoms with Crippen molar-refractivity contribution in [2.75, 3.05) is 13.1 Å². The topological polar surface area (TPSA) is 55.1 Å². The predicted molar refractivity (Wildman–Crippen MR) is 55.8 cm³/mol. The summed E-state index contributed by atoms with van der Waals surface area (Å²) in [6.07, 6.45) is 0.786. The summed E-state index contributed by atoms with van der Waals surface area (Å²) in [5.74, 6) is -0.106. The van der Waals surface area contributed by atoms with E-state index < -0.39 is 0 Å². The highest BCUT2D eigenvalue weighted by Crippen LogP contribution is 2.03. The van der Waals surface area contributed by atoms with Gasteiger partial charge in [0.1, 0.15) is 0 Å². The highest BCUT2D eigenvalue weighted by molar-refractivity contribution is 5.94. The summed E-state index contributed by atoms with van der Waals surface area (Å²) in [5.41, 5.74) is 6.49. The first-order chi connectivity index (χ1) is 6.74. The molecular weight excluding hydrogens is 176 g/mol. The molecular formula is C11H14N2O. The number of nitrogens with two attached hydrogens (primary N) is 1. The number of hydrogen-bond acceptors (Lipinski definition) is 2. The van der Waals surface area contributed by atoms with Gasteiger partial charge in [-0.25, -0.2) is 0 Å². The van der Waals surface area contributed by atoms with Crippen molar-refractivity contribution in [1.82, 2.24) is 5.32 Å². The zero-order valence-electron chi connectivity index (χ0n) is 7.99. The van der Waals surface area contributed by atoms with Gasteiger partial charge in [0.05, 0.1) is 0 Å². The SMILES string of the molecule is [CH]c1cccc(C(=O)NCCCN)c1. The van der Waals surface area contributed by atoms with E-state index in [0.717, 1.165) is 6.42 Å². The highest BCUT2D eigenvalue weighted by Gasteiger charge is 2.03. The van der Waals surface area contributed by atoms with E-state index in [2.05, 4.69) is 5.32 Å². The molecule has 14 heavy (non-hydrogen) atoms. The first-order valence-electron chi connectivity index (χ1n) is 4.58. The number of carbonyl (C=O) groups is 1. The van der Waals surface area contributed by atoms with Crippen LogP contribution < -0.4 is 11.1 Å². The van der Waals surface area contributed by atoms with Gasteiger partial charge in [-0.3, -0.25) is 4.79 Å². The third-order valence-corrected chi connectivity index (χ3v) is 1.82. The normalized spacial score (nSPS) is 9.86. The lowest BCUT2D eigenvalue weighted by Gasteiger charge is -2.04. The fourth-order valence-electron chi connectivity index (χ4n) is 1.09. The Labute approximate surface area is 84.3 Å². The second kappa shape index (κ2) is 5.40. The average Bonchev–Trinajstić information content (AvgIpc) is 2.18. The maximum Gasteiger partial charge on any atom is 0.251 e. The van der Waals surface area contributed by atoms with Crippen LogP contribution in [0, 0.1) is 6.92 Å². The van der Waals surface area contributed by atoms with Crippen molar-refractivity contribution in [2.24, 2.45) is 5.73 Å². The van der Waals surface area contributed by atoms with E-state index in [4.69, 9.17) is 12.7 Å². The summed E-state index contributed by atoms with van der Waals surface area (Å²) in [6, 6.07) is 6.88. The molecule has 0 saturated heterocycles. The van der Waals surface area contributed by atoms with Crippen LogP contribution in [0.4, 0.5) is 0 Å². The van der Waals surface area contributed by atoms with Crippen LogP contribution in [0.5, 0.6) is 0 Å². The van der Waals surface area contributed by atoms with Crippen molar-refractivity contribution in [3.8, 4) is 0 Å². The van der Waals surface area contributed by atoms with Crippen molar-refractivity contribution in [2.45, 2.75) is 6.42 Å². The summed E-state index contributed by atoms with van der Waals surface area (Å²) < 4.78 is 0. The molecule has 3 N–H and O–H groups in total. The first-order valence-corrected chi connectivity index (χ1v) is 4.58. The molecule has 1 aromatic carbocycles. The van der Waals surface area contributed by atoms with Crippen molar-refractivity contribution in [1.29, 1.82) is 0 Å². The number of nitrogens with one attached hydrogen (secondary N) is 1. The van der Waals surface area contributed by atoms with Crippen LogP contribution in [0.2, 0.25) is 0 Å². The molecule has 0 aliphatic carbocycles. The van der Waals surface area contributed by atoms with Crippen LogP contribution in [-0.4, -0.2) is 19.0 Å². The third-order valence-electron chi connectivity index (χ3n) is 1.82. The third kappa shape index (κ3) is 3.18. The maximum atomic E-state index is 11.5. The molecule has 2 radical (unpaired) electrons. The molecule has 1 amide bonds. The van der Waals surface area contributed by atoms with Gasteiger partial charge in [0, 0.05) is 12.1 Å². The minimum atomic E-state index is -0.106. The molecule has 0 fully saturated rings. The molecule has 0 aromatic heterocycles. The number of amides is 1. The molecule has 0 spiro atoms. The van der Waals surface area contributed by atoms with E-state index in [1.807, 2.05) is 0 Å². The fraction of sp³-hybridized carbons (Fsp3) is 0.273. The van der Waals surface area contributed by atoms with Gasteiger partial charge < -0.3 is 11.1 Å². The van der Waals surface area contributed by atoms with E-state index in [1.54, 1.807) is 24.3 Å². The van der Waals surface area contributed by atoms with Gasteiger partial charge in [-0.1, -0.05) is 12.1 Å². The molecule has 0 unspecified atom stereocenters. The standard InChI is InChI=1S/C11H14N2O/c1-9-4-2-5-10(8-9)11(14)13-7-3-6-12/h1-2,4-5,8H,3,6-7,12H2,(H,13,14). The fourth-order valence-corrected chi connectivity index (χ4v) is 1.09. The highest BCUT2D eigenvalue weighted by atomic mass is 16.1. The molecule has 0 atom stereocenters. The second-order valence-corrected chi connectivity index (χ2v) is 3.02. The van der Waals surface area contributed by atoms with Gasteiger partial charge in [0.15, 0.2) is 0 Å². The van der Waals surface area contributed by atoms with Crippen molar-refractivity contribution in [3.63, 3.8) is 0 Å². The molecule has 74 valence electrons. The Morgan fingerprint density at radius 3 is 2.93 bits per heavy atom. The lowest BCUT2D eigenvalue weighted by molar-refractivity contribution is 0.0953. The Balaban J connectivity index is 2.52. The number of hydrogen-bond donors (Lipinski definition) is 2. The van der Waals surface area contributed by atoms with Crippen LogP contribution in [0.1, 0.15) is 22.3 Å². The van der Waals surface area contributed by atoms with E-state index in [9.17, 15) is 4.79 Å². The van der Waals surface area contributed by atoms with Crippen LogP contribution >= 0.6 is 0 Å². The summed E-state index contributed by atoms with van der Waals surface area (Å²) in [7, 11) is 0.